The van der Waals surface area contributed by atoms with Gasteiger partial charge in [-0.25, -0.2) is 17.2 Å². The summed E-state index contributed by atoms with van der Waals surface area (Å²) in [6, 6.07) is 8.63. The van der Waals surface area contributed by atoms with E-state index in [0.29, 0.717) is 24.3 Å². The lowest BCUT2D eigenvalue weighted by molar-refractivity contribution is -0.141. The molecule has 0 saturated heterocycles. The summed E-state index contributed by atoms with van der Waals surface area (Å²) in [6.45, 7) is 0. The fourth-order valence-corrected chi connectivity index (χ4v) is 6.52. The molecule has 0 radical (unpaired) electrons. The van der Waals surface area contributed by atoms with Crippen molar-refractivity contribution in [1.29, 1.82) is 0 Å². The van der Waals surface area contributed by atoms with Gasteiger partial charge in [0.1, 0.15) is 16.4 Å². The normalized spacial score (nSPS) is 21.9. The van der Waals surface area contributed by atoms with Gasteiger partial charge in [0.2, 0.25) is 0 Å². The van der Waals surface area contributed by atoms with Gasteiger partial charge in [0, 0.05) is 17.0 Å². The highest BCUT2D eigenvalue weighted by Gasteiger charge is 2.49. The number of ether oxygens (including phenoxy) is 1. The molecule has 1 fully saturated rings. The third kappa shape index (κ3) is 4.37. The van der Waals surface area contributed by atoms with Gasteiger partial charge < -0.3 is 4.74 Å². The van der Waals surface area contributed by atoms with Crippen LogP contribution in [0, 0.1) is 17.6 Å². The van der Waals surface area contributed by atoms with Crippen LogP contribution in [-0.4, -0.2) is 21.5 Å². The summed E-state index contributed by atoms with van der Waals surface area (Å²) in [5.41, 5.74) is -0.149. The molecule has 162 valence electrons. The topological polar surface area (TPSA) is 60.4 Å². The van der Waals surface area contributed by atoms with Gasteiger partial charge in [-0.05, 0) is 80.5 Å². The molecule has 2 aromatic carbocycles. The smallest absolute Gasteiger partial charge is 0.305 e. The largest absolute Gasteiger partial charge is 0.469 e. The molecule has 3 rings (SSSR count). The van der Waals surface area contributed by atoms with Crippen LogP contribution in [0.1, 0.15) is 44.1 Å². The molecule has 4 nitrogen and oxygen atoms in total. The summed E-state index contributed by atoms with van der Waals surface area (Å²) in [7, 11) is -2.73. The first-order valence-electron chi connectivity index (χ1n) is 9.72. The lowest BCUT2D eigenvalue weighted by Crippen LogP contribution is -2.40. The molecule has 0 spiro atoms. The molecule has 2 aromatic rings. The maximum Gasteiger partial charge on any atom is 0.305 e. The van der Waals surface area contributed by atoms with Gasteiger partial charge >= 0.3 is 5.97 Å². The maximum atomic E-state index is 14.8. The predicted octanol–water partition coefficient (Wildman–Crippen LogP) is 5.43. The second kappa shape index (κ2) is 9.02. The van der Waals surface area contributed by atoms with E-state index in [0.717, 1.165) is 18.2 Å². The SMILES string of the molecule is COC(=O)CC[C@H]1CC[C@@](c2cc(F)ccc2F)(S(=O)(=O)c2ccc(Cl)cc2)CC1. The second-order valence-electron chi connectivity index (χ2n) is 7.63. The molecule has 8 heteroatoms. The average molecular weight is 457 g/mol. The Hall–Kier alpha value is -1.99. The Morgan fingerprint density at radius 3 is 2.37 bits per heavy atom. The minimum Gasteiger partial charge on any atom is -0.469 e. The average Bonchev–Trinajstić information content (AvgIpc) is 2.74. The van der Waals surface area contributed by atoms with Crippen molar-refractivity contribution in [1.82, 2.24) is 0 Å². The number of hydrogen-bond acceptors (Lipinski definition) is 4. The highest BCUT2D eigenvalue weighted by atomic mass is 35.5. The molecule has 0 amide bonds. The highest BCUT2D eigenvalue weighted by Crippen LogP contribution is 2.50. The summed E-state index contributed by atoms with van der Waals surface area (Å²) >= 11 is 5.89. The van der Waals surface area contributed by atoms with Gasteiger partial charge in [0.15, 0.2) is 9.84 Å². The summed E-state index contributed by atoms with van der Waals surface area (Å²) in [6.07, 6.45) is 2.01. The summed E-state index contributed by atoms with van der Waals surface area (Å²) in [5, 5.41) is 0.381. The van der Waals surface area contributed by atoms with E-state index in [-0.39, 0.29) is 41.6 Å². The Labute approximate surface area is 180 Å². The van der Waals surface area contributed by atoms with Gasteiger partial charge in [-0.2, -0.15) is 0 Å². The summed E-state index contributed by atoms with van der Waals surface area (Å²) in [4.78, 5) is 11.5. The first-order valence-corrected chi connectivity index (χ1v) is 11.6. The van der Waals surface area contributed by atoms with Crippen LogP contribution in [-0.2, 0) is 24.1 Å². The van der Waals surface area contributed by atoms with E-state index in [1.54, 1.807) is 0 Å². The first kappa shape index (κ1) is 22.7. The van der Waals surface area contributed by atoms with Crippen LogP contribution in [0.25, 0.3) is 0 Å². The summed E-state index contributed by atoms with van der Waals surface area (Å²) in [5.74, 6) is -1.65. The number of carbonyl (C=O) groups excluding carboxylic acids is 1. The predicted molar refractivity (Wildman–Crippen MR) is 110 cm³/mol. The van der Waals surface area contributed by atoms with E-state index in [1.807, 2.05) is 0 Å². The van der Waals surface area contributed by atoms with E-state index >= 15 is 0 Å². The molecule has 0 atom stereocenters. The van der Waals surface area contributed by atoms with Crippen molar-refractivity contribution < 1.29 is 26.7 Å². The molecule has 1 saturated carbocycles. The van der Waals surface area contributed by atoms with Crippen LogP contribution in [0.2, 0.25) is 5.02 Å². The minimum atomic E-state index is -4.05. The zero-order chi connectivity index (χ0) is 21.9. The molecule has 0 N–H and O–H groups in total. The molecule has 1 aliphatic rings. The lowest BCUT2D eigenvalue weighted by atomic mass is 9.76. The van der Waals surface area contributed by atoms with E-state index < -0.39 is 26.2 Å². The van der Waals surface area contributed by atoms with E-state index in [1.165, 1.54) is 31.4 Å². The third-order valence-corrected chi connectivity index (χ3v) is 8.76. The van der Waals surface area contributed by atoms with Gasteiger partial charge in [0.05, 0.1) is 12.0 Å². The Morgan fingerprint density at radius 1 is 1.13 bits per heavy atom. The monoisotopic (exact) mass is 456 g/mol. The third-order valence-electron chi connectivity index (χ3n) is 5.95. The van der Waals surface area contributed by atoms with E-state index in [9.17, 15) is 22.0 Å². The fraction of sp³-hybridized carbons (Fsp3) is 0.409. The van der Waals surface area contributed by atoms with Crippen LogP contribution >= 0.6 is 11.6 Å². The Morgan fingerprint density at radius 2 is 1.77 bits per heavy atom. The first-order chi connectivity index (χ1) is 14.2. The van der Waals surface area contributed by atoms with Crippen LogP contribution in [0.3, 0.4) is 0 Å². The number of hydrogen-bond donors (Lipinski definition) is 0. The Balaban J connectivity index is 2.00. The summed E-state index contributed by atoms with van der Waals surface area (Å²) < 4.78 is 59.3. The molecule has 0 bridgehead atoms. The molecular formula is C22H23ClF2O4S. The number of esters is 1. The molecule has 0 heterocycles. The number of halogens is 3. The van der Waals surface area contributed by atoms with Gasteiger partial charge in [-0.3, -0.25) is 4.79 Å². The van der Waals surface area contributed by atoms with Crippen LogP contribution in [0.15, 0.2) is 47.4 Å². The van der Waals surface area contributed by atoms with Gasteiger partial charge in [0.25, 0.3) is 0 Å². The molecule has 30 heavy (non-hydrogen) atoms. The van der Waals surface area contributed by atoms with Gasteiger partial charge in [-0.15, -0.1) is 0 Å². The van der Waals surface area contributed by atoms with Crippen LogP contribution < -0.4 is 0 Å². The minimum absolute atomic E-state index is 0.0172. The molecular weight excluding hydrogens is 434 g/mol. The second-order valence-corrected chi connectivity index (χ2v) is 10.3. The van der Waals surface area contributed by atoms with Crippen molar-refractivity contribution in [3.05, 3.63) is 64.7 Å². The zero-order valence-corrected chi connectivity index (χ0v) is 18.1. The zero-order valence-electron chi connectivity index (χ0n) is 16.5. The molecule has 0 aliphatic heterocycles. The van der Waals surface area contributed by atoms with Crippen molar-refractivity contribution >= 4 is 27.4 Å². The number of sulfone groups is 1. The van der Waals surface area contributed by atoms with Gasteiger partial charge in [-0.1, -0.05) is 11.6 Å². The Kier molecular flexibility index (Phi) is 6.82. The van der Waals surface area contributed by atoms with Crippen molar-refractivity contribution in [2.75, 3.05) is 7.11 Å². The standard InChI is InChI=1S/C22H23ClF2O4S/c1-29-21(26)9-2-15-10-12-22(13-11-15,19-14-17(24)5-8-20(19)25)30(27,28)18-6-3-16(23)4-7-18/h3-8,14-15H,2,9-13H2,1H3/t15-,22+. The lowest BCUT2D eigenvalue weighted by Gasteiger charge is -2.40. The maximum absolute atomic E-state index is 14.8. The highest BCUT2D eigenvalue weighted by molar-refractivity contribution is 7.92. The number of benzene rings is 2. The molecule has 0 unspecified atom stereocenters. The number of carbonyl (C=O) groups is 1. The van der Waals surface area contributed by atoms with Crippen molar-refractivity contribution in [3.63, 3.8) is 0 Å². The van der Waals surface area contributed by atoms with Crippen LogP contribution in [0.4, 0.5) is 8.78 Å². The van der Waals surface area contributed by atoms with Crippen molar-refractivity contribution in [2.24, 2.45) is 5.92 Å². The van der Waals surface area contributed by atoms with E-state index in [2.05, 4.69) is 4.74 Å². The van der Waals surface area contributed by atoms with E-state index in [4.69, 9.17) is 11.6 Å². The molecule has 1 aliphatic carbocycles. The number of methoxy groups -OCH3 is 1. The Bertz CT molecular complexity index is 1010. The van der Waals surface area contributed by atoms with Crippen molar-refractivity contribution in [3.8, 4) is 0 Å². The molecule has 0 aromatic heterocycles. The fourth-order valence-electron chi connectivity index (χ4n) is 4.23. The number of rotatable bonds is 6. The quantitative estimate of drug-likeness (QED) is 0.544. The van der Waals surface area contributed by atoms with Crippen LogP contribution in [0.5, 0.6) is 0 Å². The van der Waals surface area contributed by atoms with Crippen molar-refractivity contribution in [2.45, 2.75) is 48.2 Å².